The van der Waals surface area contributed by atoms with Crippen molar-refractivity contribution in [2.75, 3.05) is 53.4 Å². The Morgan fingerprint density at radius 1 is 0.484 bits per heavy atom. The fourth-order valence-electron chi connectivity index (χ4n) is 7.99. The molecule has 9 aromatic rings. The Labute approximate surface area is 387 Å². The van der Waals surface area contributed by atoms with Crippen LogP contribution < -0.4 is 13.9 Å². The molecule has 0 aliphatic rings. The van der Waals surface area contributed by atoms with Gasteiger partial charge < -0.3 is 23.7 Å². The summed E-state index contributed by atoms with van der Waals surface area (Å²) in [6.45, 7) is 6.09. The summed E-state index contributed by atoms with van der Waals surface area (Å²) in [5, 5.41) is 9.02. The average molecular weight is 905 g/mol. The molecule has 0 aliphatic heterocycles. The van der Waals surface area contributed by atoms with Gasteiger partial charge in [0.15, 0.2) is 37.9 Å². The fourth-order valence-corrected chi connectivity index (χ4v) is 10.9. The van der Waals surface area contributed by atoms with Crippen molar-refractivity contribution < 1.29 is 32.8 Å². The maximum absolute atomic E-state index is 6.79. The van der Waals surface area contributed by atoms with Crippen LogP contribution in [-0.2, 0) is 45.1 Å². The van der Waals surface area contributed by atoms with Crippen LogP contribution in [0.3, 0.4) is 0 Å². The Morgan fingerprint density at radius 2 is 1.09 bits per heavy atom. The molecule has 0 saturated heterocycles. The van der Waals surface area contributed by atoms with E-state index in [2.05, 4.69) is 172 Å². The van der Waals surface area contributed by atoms with E-state index in [0.29, 0.717) is 59.4 Å². The predicted molar refractivity (Wildman–Crippen MR) is 262 cm³/mol. The molecule has 5 aromatic heterocycles. The molecule has 5 heterocycles. The first kappa shape index (κ1) is 43.7. The second-order valence-corrected chi connectivity index (χ2v) is 18.4. The van der Waals surface area contributed by atoms with E-state index in [1.54, 1.807) is 29.8 Å². The zero-order valence-electron chi connectivity index (χ0n) is 36.0. The molecule has 324 valence electrons. The van der Waals surface area contributed by atoms with Gasteiger partial charge in [-0.3, -0.25) is 0 Å². The maximum Gasteiger partial charge on any atom is 0.182 e. The summed E-state index contributed by atoms with van der Waals surface area (Å²) in [6, 6.07) is 45.7. The minimum atomic E-state index is 0.489. The molecule has 0 spiro atoms. The molecule has 0 unspecified atom stereocenters. The Balaban J connectivity index is 0.884. The van der Waals surface area contributed by atoms with Crippen molar-refractivity contribution in [3.63, 3.8) is 0 Å². The smallest absolute Gasteiger partial charge is 0.182 e. The van der Waals surface area contributed by atoms with Crippen molar-refractivity contribution in [2.45, 2.75) is 26.1 Å². The molecule has 0 bridgehead atoms. The van der Waals surface area contributed by atoms with Gasteiger partial charge in [-0.2, -0.15) is 0 Å². The lowest BCUT2D eigenvalue weighted by Gasteiger charge is -2.19. The molecule has 0 aliphatic carbocycles. The van der Waals surface area contributed by atoms with Crippen LogP contribution in [0.2, 0.25) is 0 Å². The standard InChI is InChI=1S/C54H52N2O5S3/c1-57-32-33-59-35-34-58-30-27-55-23-18-40(19-24-55)41-20-25-56(26-21-41)28-31-61-48-17-16-43-9-3-5-11-47(43)53(48)52-45(15-14-42-8-2-4-10-46(42)52)39-60-29-22-44-38-51(49-12-6-36-62-49)64-54(44)50-13-7-37-63-50/h2-21,23-26,36-38H,22,27-35,39H2,1H3/q+2. The van der Waals surface area contributed by atoms with Gasteiger partial charge in [-0.1, -0.05) is 78.9 Å². The molecule has 0 N–H and O–H groups in total. The molecule has 4 aromatic carbocycles. The molecule has 0 radical (unpaired) electrons. The first-order valence-corrected chi connectivity index (χ1v) is 24.4. The van der Waals surface area contributed by atoms with Gasteiger partial charge in [0.1, 0.15) is 19.0 Å². The summed E-state index contributed by atoms with van der Waals surface area (Å²) in [5.41, 5.74) is 7.09. The lowest BCUT2D eigenvalue weighted by atomic mass is 9.89. The van der Waals surface area contributed by atoms with Crippen LogP contribution in [0.15, 0.2) is 163 Å². The second-order valence-electron chi connectivity index (χ2n) is 15.4. The summed E-state index contributed by atoms with van der Waals surface area (Å²) in [6.07, 6.45) is 9.31. The molecule has 64 heavy (non-hydrogen) atoms. The van der Waals surface area contributed by atoms with Gasteiger partial charge in [0.25, 0.3) is 0 Å². The minimum Gasteiger partial charge on any atom is -0.486 e. The lowest BCUT2D eigenvalue weighted by molar-refractivity contribution is -0.698. The van der Waals surface area contributed by atoms with E-state index in [0.717, 1.165) is 46.4 Å². The van der Waals surface area contributed by atoms with Crippen LogP contribution in [0, 0.1) is 0 Å². The molecular weight excluding hydrogens is 853 g/mol. The zero-order chi connectivity index (χ0) is 43.3. The van der Waals surface area contributed by atoms with E-state index in [1.807, 2.05) is 11.3 Å². The van der Waals surface area contributed by atoms with E-state index in [-0.39, 0.29) is 0 Å². The van der Waals surface area contributed by atoms with E-state index < -0.39 is 0 Å². The van der Waals surface area contributed by atoms with Crippen LogP contribution in [0.5, 0.6) is 5.75 Å². The van der Waals surface area contributed by atoms with Crippen molar-refractivity contribution in [1.29, 1.82) is 0 Å². The Hall–Kier alpha value is -5.56. The molecule has 0 fully saturated rings. The van der Waals surface area contributed by atoms with E-state index in [1.165, 1.54) is 46.8 Å². The maximum atomic E-state index is 6.79. The second kappa shape index (κ2) is 21.9. The number of aromatic nitrogens is 2. The van der Waals surface area contributed by atoms with E-state index in [4.69, 9.17) is 23.7 Å². The number of fused-ring (bicyclic) bond motifs is 2. The Kier molecular flexibility index (Phi) is 14.9. The minimum absolute atomic E-state index is 0.489. The highest BCUT2D eigenvalue weighted by atomic mass is 32.1. The number of pyridine rings is 2. The molecule has 0 atom stereocenters. The highest BCUT2D eigenvalue weighted by molar-refractivity contribution is 7.26. The van der Waals surface area contributed by atoms with Crippen molar-refractivity contribution >= 4 is 55.6 Å². The summed E-state index contributed by atoms with van der Waals surface area (Å²) >= 11 is 5.48. The summed E-state index contributed by atoms with van der Waals surface area (Å²) in [5.74, 6) is 0.867. The van der Waals surface area contributed by atoms with Crippen LogP contribution in [-0.4, -0.2) is 53.4 Å². The third-order valence-corrected chi connectivity index (χ3v) is 14.6. The van der Waals surface area contributed by atoms with E-state index >= 15 is 0 Å². The molecule has 7 nitrogen and oxygen atoms in total. The highest BCUT2D eigenvalue weighted by Gasteiger charge is 2.20. The third-order valence-electron chi connectivity index (χ3n) is 11.3. The van der Waals surface area contributed by atoms with Crippen LogP contribution >= 0.6 is 34.0 Å². The predicted octanol–water partition coefficient (Wildman–Crippen LogP) is 11.9. The molecule has 10 heteroatoms. The summed E-state index contributed by atoms with van der Waals surface area (Å²) in [4.78, 5) is 5.29. The van der Waals surface area contributed by atoms with Gasteiger partial charge >= 0.3 is 0 Å². The van der Waals surface area contributed by atoms with Crippen molar-refractivity contribution in [1.82, 2.24) is 0 Å². The lowest BCUT2D eigenvalue weighted by Crippen LogP contribution is -2.36. The number of hydrogen-bond acceptors (Lipinski definition) is 8. The van der Waals surface area contributed by atoms with Gasteiger partial charge in [-0.05, 0) is 90.8 Å². The van der Waals surface area contributed by atoms with Gasteiger partial charge in [0.05, 0.1) is 39.6 Å². The van der Waals surface area contributed by atoms with Gasteiger partial charge in [0, 0.05) is 56.4 Å². The number of hydrogen-bond donors (Lipinski definition) is 0. The number of benzene rings is 4. The fraction of sp³-hybridized carbons (Fsp3) is 0.222. The van der Waals surface area contributed by atoms with Crippen LogP contribution in [0.1, 0.15) is 11.1 Å². The molecular formula is C54H52N2O5S3+2. The highest BCUT2D eigenvalue weighted by Crippen LogP contribution is 2.44. The molecule has 0 amide bonds. The molecule has 0 saturated carbocycles. The quantitative estimate of drug-likeness (QED) is 0.0501. The first-order valence-electron chi connectivity index (χ1n) is 21.8. The van der Waals surface area contributed by atoms with Crippen LogP contribution in [0.4, 0.5) is 0 Å². The number of ether oxygens (including phenoxy) is 5. The number of methoxy groups -OCH3 is 1. The zero-order valence-corrected chi connectivity index (χ0v) is 38.5. The van der Waals surface area contributed by atoms with Gasteiger partial charge in [0.2, 0.25) is 0 Å². The number of thiophene rings is 3. The third kappa shape index (κ3) is 10.7. The van der Waals surface area contributed by atoms with Crippen molar-refractivity contribution in [3.05, 3.63) is 174 Å². The average Bonchev–Trinajstić information content (AvgIpc) is 4.16. The monoisotopic (exact) mass is 904 g/mol. The summed E-state index contributed by atoms with van der Waals surface area (Å²) < 4.78 is 33.9. The van der Waals surface area contributed by atoms with Crippen LogP contribution in [0.25, 0.3) is 63.3 Å². The topological polar surface area (TPSA) is 53.9 Å². The largest absolute Gasteiger partial charge is 0.486 e. The summed E-state index contributed by atoms with van der Waals surface area (Å²) in [7, 11) is 1.67. The number of nitrogens with zero attached hydrogens (tertiary/aromatic N) is 2. The Morgan fingerprint density at radius 3 is 1.77 bits per heavy atom. The number of rotatable bonds is 22. The molecule has 9 rings (SSSR count). The Bertz CT molecular complexity index is 2860. The van der Waals surface area contributed by atoms with Crippen molar-refractivity contribution in [3.8, 4) is 47.5 Å². The van der Waals surface area contributed by atoms with Gasteiger partial charge in [-0.15, -0.1) is 34.0 Å². The normalized spacial score (nSPS) is 11.5. The van der Waals surface area contributed by atoms with E-state index in [9.17, 15) is 0 Å². The SMILES string of the molecule is COCCOCCOCC[n+]1ccc(-c2cc[n+](CCOc3ccc4ccccc4c3-c3c(COCCc4cc(-c5cccs5)sc4-c4cccs4)ccc4ccccc34)cc2)cc1. The van der Waals surface area contributed by atoms with Gasteiger partial charge in [-0.25, -0.2) is 9.13 Å². The van der Waals surface area contributed by atoms with Crippen molar-refractivity contribution in [2.24, 2.45) is 0 Å². The first-order chi connectivity index (χ1) is 31.7.